The van der Waals surface area contributed by atoms with E-state index in [0.29, 0.717) is 56.5 Å². The zero-order chi connectivity index (χ0) is 26.7. The van der Waals surface area contributed by atoms with Crippen molar-refractivity contribution in [1.82, 2.24) is 15.5 Å². The van der Waals surface area contributed by atoms with Gasteiger partial charge in [-0.2, -0.15) is 0 Å². The van der Waals surface area contributed by atoms with Crippen LogP contribution in [0, 0.1) is 0 Å². The molecule has 4 N–H and O–H groups in total. The minimum Gasteiger partial charge on any atom is -0.506 e. The molecule has 0 bridgehead atoms. The molecule has 4 rings (SSSR count). The van der Waals surface area contributed by atoms with Crippen LogP contribution in [0.25, 0.3) is 0 Å². The molecular weight excluding hydrogens is 504 g/mol. The van der Waals surface area contributed by atoms with Crippen LogP contribution in [-0.2, 0) is 22.4 Å². The number of fused-ring (bicyclic) bond motifs is 1. The number of phenolic OH excluding ortho intramolecular Hbond substituents is 1. The summed E-state index contributed by atoms with van der Waals surface area (Å²) in [4.78, 5) is 26.9. The van der Waals surface area contributed by atoms with E-state index in [1.165, 1.54) is 19.3 Å². The summed E-state index contributed by atoms with van der Waals surface area (Å²) in [6.07, 6.45) is 7.78. The summed E-state index contributed by atoms with van der Waals surface area (Å²) in [6.45, 7) is 3.48. The molecule has 0 saturated heterocycles. The van der Waals surface area contributed by atoms with Gasteiger partial charge in [0.15, 0.2) is 12.4 Å². The van der Waals surface area contributed by atoms with Crippen LogP contribution in [0.2, 0.25) is 5.02 Å². The van der Waals surface area contributed by atoms with E-state index in [1.54, 1.807) is 6.07 Å². The number of benzene rings is 2. The first-order valence-corrected chi connectivity index (χ1v) is 14.1. The molecule has 38 heavy (non-hydrogen) atoms. The molecule has 8 nitrogen and oxygen atoms in total. The fourth-order valence-electron chi connectivity index (χ4n) is 5.25. The standard InChI is InChI=1S/C29H39ClN4O4/c30-24-9-5-4-6-21(24)12-15-31-17-14-27(37)34(23-7-2-1-3-8-23)19-18-32-16-13-22-10-11-25(35)28-29(22)38-20-26(36)33-28/h4-6,9-11,23,31-32,35H,1-3,7-8,12-20H2,(H,33,36). The fraction of sp³-hybridized carbons (Fsp3) is 0.517. The first-order chi connectivity index (χ1) is 18.5. The van der Waals surface area contributed by atoms with Crippen molar-refractivity contribution in [3.05, 3.63) is 52.5 Å². The Hall–Kier alpha value is -2.81. The third-order valence-electron chi connectivity index (χ3n) is 7.31. The molecule has 0 atom stereocenters. The summed E-state index contributed by atoms with van der Waals surface area (Å²) < 4.78 is 5.57. The first-order valence-electron chi connectivity index (χ1n) is 13.7. The molecule has 1 aliphatic heterocycles. The number of rotatable bonds is 13. The maximum absolute atomic E-state index is 13.2. The van der Waals surface area contributed by atoms with Crippen LogP contribution in [0.4, 0.5) is 5.69 Å². The maximum Gasteiger partial charge on any atom is 0.262 e. The summed E-state index contributed by atoms with van der Waals surface area (Å²) >= 11 is 6.24. The summed E-state index contributed by atoms with van der Waals surface area (Å²) in [5.41, 5.74) is 2.38. The topological polar surface area (TPSA) is 103 Å². The molecular formula is C29H39ClN4O4. The number of nitrogens with one attached hydrogen (secondary N) is 3. The van der Waals surface area contributed by atoms with Gasteiger partial charge in [0, 0.05) is 37.1 Å². The smallest absolute Gasteiger partial charge is 0.262 e. The highest BCUT2D eigenvalue weighted by Gasteiger charge is 2.25. The normalized spacial score (nSPS) is 15.4. The Morgan fingerprint density at radius 2 is 1.74 bits per heavy atom. The molecule has 0 radical (unpaired) electrons. The number of hydrogen-bond acceptors (Lipinski definition) is 6. The van der Waals surface area contributed by atoms with Crippen molar-refractivity contribution in [2.75, 3.05) is 44.6 Å². The van der Waals surface area contributed by atoms with Gasteiger partial charge in [-0.05, 0) is 62.0 Å². The number of hydrogen-bond donors (Lipinski definition) is 4. The Balaban J connectivity index is 1.21. The number of aromatic hydroxyl groups is 1. The molecule has 2 aromatic carbocycles. The van der Waals surface area contributed by atoms with Gasteiger partial charge in [0.1, 0.15) is 11.4 Å². The summed E-state index contributed by atoms with van der Waals surface area (Å²) in [5.74, 6) is 0.476. The van der Waals surface area contributed by atoms with Gasteiger partial charge < -0.3 is 30.7 Å². The van der Waals surface area contributed by atoms with Crippen molar-refractivity contribution >= 4 is 29.1 Å². The van der Waals surface area contributed by atoms with Gasteiger partial charge in [-0.1, -0.05) is 55.1 Å². The van der Waals surface area contributed by atoms with Crippen molar-refractivity contribution in [2.24, 2.45) is 0 Å². The van der Waals surface area contributed by atoms with Crippen molar-refractivity contribution in [1.29, 1.82) is 0 Å². The summed E-state index contributed by atoms with van der Waals surface area (Å²) in [5, 5.41) is 20.4. The van der Waals surface area contributed by atoms with Crippen LogP contribution in [0.3, 0.4) is 0 Å². The second-order valence-corrected chi connectivity index (χ2v) is 10.4. The van der Waals surface area contributed by atoms with Crippen molar-refractivity contribution < 1.29 is 19.4 Å². The lowest BCUT2D eigenvalue weighted by Gasteiger charge is -2.34. The Labute approximate surface area is 230 Å². The minimum absolute atomic E-state index is 0.00440. The lowest BCUT2D eigenvalue weighted by molar-refractivity contribution is -0.134. The molecule has 0 spiro atoms. The van der Waals surface area contributed by atoms with Crippen LogP contribution in [0.5, 0.6) is 11.5 Å². The largest absolute Gasteiger partial charge is 0.506 e. The number of nitrogens with zero attached hydrogens (tertiary/aromatic N) is 1. The lowest BCUT2D eigenvalue weighted by atomic mass is 9.94. The number of ether oxygens (including phenoxy) is 1. The van der Waals surface area contributed by atoms with E-state index in [1.807, 2.05) is 30.3 Å². The van der Waals surface area contributed by atoms with Gasteiger partial charge in [-0.3, -0.25) is 9.59 Å². The predicted molar refractivity (Wildman–Crippen MR) is 150 cm³/mol. The maximum atomic E-state index is 13.2. The van der Waals surface area contributed by atoms with Crippen LogP contribution >= 0.6 is 11.6 Å². The number of carbonyl (C=O) groups is 2. The molecule has 1 aliphatic carbocycles. The number of carbonyl (C=O) groups excluding carboxylic acids is 2. The fourth-order valence-corrected chi connectivity index (χ4v) is 5.48. The molecule has 2 aliphatic rings. The minimum atomic E-state index is -0.272. The van der Waals surface area contributed by atoms with E-state index < -0.39 is 0 Å². The SMILES string of the molecule is O=C1COc2c(CCNCCN(C(=O)CCNCCc3ccccc3Cl)C3CCCCC3)ccc(O)c2N1. The molecule has 2 aromatic rings. The molecule has 206 valence electrons. The van der Waals surface area contributed by atoms with Crippen LogP contribution < -0.4 is 20.7 Å². The van der Waals surface area contributed by atoms with Crippen molar-refractivity contribution in [3.63, 3.8) is 0 Å². The summed E-state index contributed by atoms with van der Waals surface area (Å²) in [6, 6.07) is 11.6. The second-order valence-electron chi connectivity index (χ2n) is 10.0. The van der Waals surface area contributed by atoms with Gasteiger partial charge >= 0.3 is 0 Å². The number of amides is 2. The van der Waals surface area contributed by atoms with Crippen LogP contribution in [0.15, 0.2) is 36.4 Å². The van der Waals surface area contributed by atoms with E-state index in [4.69, 9.17) is 16.3 Å². The van der Waals surface area contributed by atoms with Gasteiger partial charge in [-0.15, -0.1) is 0 Å². The molecule has 2 amide bonds. The van der Waals surface area contributed by atoms with E-state index in [2.05, 4.69) is 20.9 Å². The predicted octanol–water partition coefficient (Wildman–Crippen LogP) is 3.89. The Bertz CT molecular complexity index is 1090. The molecule has 1 saturated carbocycles. The quantitative estimate of drug-likeness (QED) is 0.226. The molecule has 0 unspecified atom stereocenters. The van der Waals surface area contributed by atoms with Crippen LogP contribution in [-0.4, -0.2) is 67.2 Å². The second kappa shape index (κ2) is 14.4. The van der Waals surface area contributed by atoms with Crippen molar-refractivity contribution in [3.8, 4) is 11.5 Å². The molecule has 1 fully saturated rings. The van der Waals surface area contributed by atoms with E-state index in [-0.39, 0.29) is 24.2 Å². The van der Waals surface area contributed by atoms with E-state index in [0.717, 1.165) is 42.0 Å². The highest BCUT2D eigenvalue weighted by molar-refractivity contribution is 6.31. The average molecular weight is 543 g/mol. The molecule has 1 heterocycles. The van der Waals surface area contributed by atoms with Crippen LogP contribution in [0.1, 0.15) is 49.7 Å². The molecule has 9 heteroatoms. The summed E-state index contributed by atoms with van der Waals surface area (Å²) in [7, 11) is 0. The zero-order valence-electron chi connectivity index (χ0n) is 21.9. The third-order valence-corrected chi connectivity index (χ3v) is 7.68. The monoisotopic (exact) mass is 542 g/mol. The number of halogens is 1. The zero-order valence-corrected chi connectivity index (χ0v) is 22.7. The van der Waals surface area contributed by atoms with Gasteiger partial charge in [-0.25, -0.2) is 0 Å². The highest BCUT2D eigenvalue weighted by Crippen LogP contribution is 2.39. The van der Waals surface area contributed by atoms with E-state index in [9.17, 15) is 14.7 Å². The Kier molecular flexibility index (Phi) is 10.7. The molecule has 0 aromatic heterocycles. The Morgan fingerprint density at radius 3 is 2.53 bits per heavy atom. The van der Waals surface area contributed by atoms with E-state index >= 15 is 0 Å². The number of anilines is 1. The first kappa shape index (κ1) is 28.2. The van der Waals surface area contributed by atoms with Gasteiger partial charge in [0.2, 0.25) is 5.91 Å². The lowest BCUT2D eigenvalue weighted by Crippen LogP contribution is -2.45. The van der Waals surface area contributed by atoms with Crippen molar-refractivity contribution in [2.45, 2.75) is 57.4 Å². The third kappa shape index (κ3) is 7.85. The highest BCUT2D eigenvalue weighted by atomic mass is 35.5. The number of phenols is 1. The van der Waals surface area contributed by atoms with Gasteiger partial charge in [0.25, 0.3) is 5.91 Å². The average Bonchev–Trinajstić information content (AvgIpc) is 2.93. The Morgan fingerprint density at radius 1 is 1.00 bits per heavy atom. The van der Waals surface area contributed by atoms with Gasteiger partial charge in [0.05, 0.1) is 0 Å².